The van der Waals surface area contributed by atoms with Crippen LogP contribution in [0.1, 0.15) is 22.5 Å². The minimum Gasteiger partial charge on any atom is -0.385 e. The van der Waals surface area contributed by atoms with Crippen molar-refractivity contribution < 1.29 is 22.7 Å². The van der Waals surface area contributed by atoms with Gasteiger partial charge in [0.2, 0.25) is 0 Å². The fourth-order valence-electron chi connectivity index (χ4n) is 1.92. The van der Waals surface area contributed by atoms with Crippen LogP contribution in [-0.2, 0) is 10.9 Å². The molecule has 0 bridgehead atoms. The van der Waals surface area contributed by atoms with E-state index in [1.807, 2.05) is 0 Å². The molecule has 1 aromatic heterocycles. The Morgan fingerprint density at radius 1 is 1.12 bits per heavy atom. The first-order chi connectivity index (χ1) is 11.9. The lowest BCUT2D eigenvalue weighted by atomic mass is 10.2. The zero-order valence-corrected chi connectivity index (χ0v) is 13.4. The average molecular weight is 354 g/mol. The van der Waals surface area contributed by atoms with Crippen LogP contribution in [0.3, 0.4) is 0 Å². The van der Waals surface area contributed by atoms with Crippen molar-refractivity contribution in [1.29, 1.82) is 0 Å². The van der Waals surface area contributed by atoms with Gasteiger partial charge < -0.3 is 15.4 Å². The summed E-state index contributed by atoms with van der Waals surface area (Å²) in [5.41, 5.74) is -0.154. The van der Waals surface area contributed by atoms with Gasteiger partial charge in [-0.05, 0) is 42.8 Å². The minimum absolute atomic E-state index is 0.149. The number of carbonyl (C=O) groups excluding carboxylic acids is 1. The highest BCUT2D eigenvalue weighted by Crippen LogP contribution is 2.30. The molecule has 0 unspecified atom stereocenters. The summed E-state index contributed by atoms with van der Waals surface area (Å²) in [4.78, 5) is 11.8. The third-order valence-corrected chi connectivity index (χ3v) is 3.19. The van der Waals surface area contributed by atoms with Gasteiger partial charge in [0.1, 0.15) is 0 Å². The second kappa shape index (κ2) is 8.43. The topological polar surface area (TPSA) is 76.1 Å². The highest BCUT2D eigenvalue weighted by Gasteiger charge is 2.29. The molecular weight excluding hydrogens is 337 g/mol. The van der Waals surface area contributed by atoms with Crippen LogP contribution in [0.2, 0.25) is 0 Å². The molecule has 0 aliphatic carbocycles. The molecule has 2 N–H and O–H groups in total. The standard InChI is InChI=1S/C16H17F3N4O2/c1-25-10-2-9-20-15(24)13-7-8-14(23-22-13)21-12-5-3-11(4-6-12)16(17,18)19/h3-8H,2,9-10H2,1H3,(H,20,24)(H,21,23). The summed E-state index contributed by atoms with van der Waals surface area (Å²) in [6, 6.07) is 7.52. The maximum absolute atomic E-state index is 12.5. The van der Waals surface area contributed by atoms with Crippen LogP contribution >= 0.6 is 0 Å². The van der Waals surface area contributed by atoms with Gasteiger partial charge in [0.15, 0.2) is 11.5 Å². The average Bonchev–Trinajstić information content (AvgIpc) is 2.59. The first-order valence-corrected chi connectivity index (χ1v) is 7.45. The Hall–Kier alpha value is -2.68. The van der Waals surface area contributed by atoms with Gasteiger partial charge in [-0.25, -0.2) is 0 Å². The predicted octanol–water partition coefficient (Wildman–Crippen LogP) is 3.01. The molecule has 0 saturated heterocycles. The van der Waals surface area contributed by atoms with Crippen LogP contribution in [0.25, 0.3) is 0 Å². The van der Waals surface area contributed by atoms with Gasteiger partial charge in [-0.15, -0.1) is 10.2 Å². The highest BCUT2D eigenvalue weighted by atomic mass is 19.4. The largest absolute Gasteiger partial charge is 0.416 e. The maximum atomic E-state index is 12.5. The molecule has 134 valence electrons. The molecule has 9 heteroatoms. The fraction of sp³-hybridized carbons (Fsp3) is 0.312. The smallest absolute Gasteiger partial charge is 0.385 e. The number of hydrogen-bond acceptors (Lipinski definition) is 5. The van der Waals surface area contributed by atoms with Crippen LogP contribution in [0.15, 0.2) is 36.4 Å². The number of nitrogens with one attached hydrogen (secondary N) is 2. The zero-order chi connectivity index (χ0) is 18.3. The van der Waals surface area contributed by atoms with Gasteiger partial charge in [-0.2, -0.15) is 13.2 Å². The molecule has 0 aliphatic rings. The van der Waals surface area contributed by atoms with E-state index in [4.69, 9.17) is 4.74 Å². The molecule has 1 amide bonds. The predicted molar refractivity (Wildman–Crippen MR) is 85.6 cm³/mol. The van der Waals surface area contributed by atoms with E-state index in [-0.39, 0.29) is 11.6 Å². The fourth-order valence-corrected chi connectivity index (χ4v) is 1.92. The van der Waals surface area contributed by atoms with Crippen molar-refractivity contribution in [3.63, 3.8) is 0 Å². The number of anilines is 2. The number of amides is 1. The van der Waals surface area contributed by atoms with Crippen LogP contribution < -0.4 is 10.6 Å². The van der Waals surface area contributed by atoms with Gasteiger partial charge in [0.25, 0.3) is 5.91 Å². The van der Waals surface area contributed by atoms with Gasteiger partial charge in [-0.3, -0.25) is 4.79 Å². The molecule has 0 saturated carbocycles. The summed E-state index contributed by atoms with van der Waals surface area (Å²) >= 11 is 0. The van der Waals surface area contributed by atoms with Crippen molar-refractivity contribution in [3.8, 4) is 0 Å². The van der Waals surface area contributed by atoms with E-state index < -0.39 is 11.7 Å². The SMILES string of the molecule is COCCCNC(=O)c1ccc(Nc2ccc(C(F)(F)F)cc2)nn1. The summed E-state index contributed by atoms with van der Waals surface area (Å²) in [6.45, 7) is 1.00. The number of halogens is 3. The van der Waals surface area contributed by atoms with Crippen LogP contribution in [0.4, 0.5) is 24.7 Å². The number of methoxy groups -OCH3 is 1. The van der Waals surface area contributed by atoms with Crippen LogP contribution in [0, 0.1) is 0 Å². The summed E-state index contributed by atoms with van der Waals surface area (Å²) < 4.78 is 42.4. The molecule has 0 radical (unpaired) electrons. The van der Waals surface area contributed by atoms with Crippen molar-refractivity contribution in [2.75, 3.05) is 25.6 Å². The second-order valence-corrected chi connectivity index (χ2v) is 5.11. The van der Waals surface area contributed by atoms with Gasteiger partial charge >= 0.3 is 6.18 Å². The number of ether oxygens (including phenoxy) is 1. The molecule has 1 heterocycles. The monoisotopic (exact) mass is 354 g/mol. The lowest BCUT2D eigenvalue weighted by Crippen LogP contribution is -2.26. The molecule has 0 spiro atoms. The Bertz CT molecular complexity index is 688. The Morgan fingerprint density at radius 3 is 2.40 bits per heavy atom. The highest BCUT2D eigenvalue weighted by molar-refractivity contribution is 5.92. The Balaban J connectivity index is 1.92. The molecule has 0 fully saturated rings. The quantitative estimate of drug-likeness (QED) is 0.748. The molecule has 6 nitrogen and oxygen atoms in total. The van der Waals surface area contributed by atoms with E-state index in [2.05, 4.69) is 20.8 Å². The van der Waals surface area contributed by atoms with Gasteiger partial charge in [-0.1, -0.05) is 0 Å². The maximum Gasteiger partial charge on any atom is 0.416 e. The van der Waals surface area contributed by atoms with E-state index in [1.54, 1.807) is 7.11 Å². The van der Waals surface area contributed by atoms with E-state index in [0.717, 1.165) is 12.1 Å². The number of rotatable bonds is 7. The van der Waals surface area contributed by atoms with E-state index in [1.165, 1.54) is 24.3 Å². The van der Waals surface area contributed by atoms with Crippen LogP contribution in [0.5, 0.6) is 0 Å². The Labute approximate surface area is 142 Å². The summed E-state index contributed by atoms with van der Waals surface area (Å²) in [5, 5.41) is 13.1. The summed E-state index contributed by atoms with van der Waals surface area (Å²) in [6.07, 6.45) is -3.69. The number of hydrogen-bond donors (Lipinski definition) is 2. The number of benzene rings is 1. The first kappa shape index (κ1) is 18.7. The minimum atomic E-state index is -4.38. The number of aromatic nitrogens is 2. The Kier molecular flexibility index (Phi) is 6.29. The van der Waals surface area contributed by atoms with Crippen molar-refractivity contribution in [1.82, 2.24) is 15.5 Å². The zero-order valence-electron chi connectivity index (χ0n) is 13.4. The lowest BCUT2D eigenvalue weighted by Gasteiger charge is -2.09. The molecule has 0 atom stereocenters. The number of nitrogens with zero attached hydrogens (tertiary/aromatic N) is 2. The van der Waals surface area contributed by atoms with Crippen molar-refractivity contribution in [3.05, 3.63) is 47.7 Å². The normalized spacial score (nSPS) is 11.2. The number of alkyl halides is 3. The lowest BCUT2D eigenvalue weighted by molar-refractivity contribution is -0.137. The molecule has 2 aromatic rings. The molecular formula is C16H17F3N4O2. The number of carbonyl (C=O) groups is 1. The van der Waals surface area contributed by atoms with Crippen LogP contribution in [-0.4, -0.2) is 36.4 Å². The van der Waals surface area contributed by atoms with E-state index >= 15 is 0 Å². The third-order valence-electron chi connectivity index (χ3n) is 3.19. The van der Waals surface area contributed by atoms with Gasteiger partial charge in [0, 0.05) is 25.9 Å². The third kappa shape index (κ3) is 5.71. The van der Waals surface area contributed by atoms with E-state index in [9.17, 15) is 18.0 Å². The summed E-state index contributed by atoms with van der Waals surface area (Å²) in [7, 11) is 1.58. The van der Waals surface area contributed by atoms with Crippen molar-refractivity contribution in [2.45, 2.75) is 12.6 Å². The Morgan fingerprint density at radius 2 is 1.84 bits per heavy atom. The van der Waals surface area contributed by atoms with Gasteiger partial charge in [0.05, 0.1) is 5.56 Å². The molecule has 0 aliphatic heterocycles. The first-order valence-electron chi connectivity index (χ1n) is 7.45. The summed E-state index contributed by atoms with van der Waals surface area (Å²) in [5.74, 6) is -0.0413. The molecule has 2 rings (SSSR count). The molecule has 25 heavy (non-hydrogen) atoms. The van der Waals surface area contributed by atoms with Crippen molar-refractivity contribution in [2.24, 2.45) is 0 Å². The molecule has 1 aromatic carbocycles. The van der Waals surface area contributed by atoms with Crippen molar-refractivity contribution >= 4 is 17.4 Å². The second-order valence-electron chi connectivity index (χ2n) is 5.11. The van der Waals surface area contributed by atoms with E-state index in [0.29, 0.717) is 31.1 Å².